The third-order valence-electron chi connectivity index (χ3n) is 4.14. The Kier molecular flexibility index (Phi) is 6.33. The lowest BCUT2D eigenvalue weighted by atomic mass is 10.1. The van der Waals surface area contributed by atoms with Crippen LogP contribution in [0, 0.1) is 13.8 Å². The summed E-state index contributed by atoms with van der Waals surface area (Å²) in [4.78, 5) is 16.2. The molecule has 0 unspecified atom stereocenters. The van der Waals surface area contributed by atoms with Crippen molar-refractivity contribution in [1.82, 2.24) is 10.1 Å². The first-order valence-electron chi connectivity index (χ1n) is 8.91. The van der Waals surface area contributed by atoms with Crippen LogP contribution >= 0.6 is 0 Å². The zero-order chi connectivity index (χ0) is 20.8. The molecule has 8 nitrogen and oxygen atoms in total. The summed E-state index contributed by atoms with van der Waals surface area (Å²) >= 11 is 0. The summed E-state index contributed by atoms with van der Waals surface area (Å²) < 4.78 is 26.3. The normalized spacial score (nSPS) is 10.5. The second-order valence-corrected chi connectivity index (χ2v) is 6.30. The van der Waals surface area contributed by atoms with E-state index in [4.69, 9.17) is 23.5 Å². The van der Waals surface area contributed by atoms with Gasteiger partial charge in [0.25, 0.3) is 5.89 Å². The van der Waals surface area contributed by atoms with Crippen molar-refractivity contribution in [3.8, 4) is 28.6 Å². The molecule has 1 aromatic heterocycles. The van der Waals surface area contributed by atoms with E-state index in [1.54, 1.807) is 32.4 Å². The molecule has 0 aliphatic rings. The number of benzene rings is 2. The predicted molar refractivity (Wildman–Crippen MR) is 104 cm³/mol. The Balaban J connectivity index is 1.55. The fourth-order valence-corrected chi connectivity index (χ4v) is 2.69. The lowest BCUT2D eigenvalue weighted by Gasteiger charge is -2.09. The molecule has 1 heterocycles. The summed E-state index contributed by atoms with van der Waals surface area (Å²) in [5.41, 5.74) is 2.76. The second kappa shape index (κ2) is 9.09. The lowest BCUT2D eigenvalue weighted by Crippen LogP contribution is -2.15. The maximum absolute atomic E-state index is 11.9. The Morgan fingerprint density at radius 2 is 1.76 bits per heavy atom. The van der Waals surface area contributed by atoms with Gasteiger partial charge in [0.2, 0.25) is 5.82 Å². The van der Waals surface area contributed by atoms with E-state index in [9.17, 15) is 4.79 Å². The molecule has 0 saturated heterocycles. The number of aromatic nitrogens is 2. The van der Waals surface area contributed by atoms with Gasteiger partial charge in [-0.15, -0.1) is 0 Å². The van der Waals surface area contributed by atoms with Crippen LogP contribution in [0.25, 0.3) is 11.4 Å². The highest BCUT2D eigenvalue weighted by atomic mass is 16.6. The highest BCUT2D eigenvalue weighted by Gasteiger charge is 2.14. The van der Waals surface area contributed by atoms with Crippen LogP contribution in [0.2, 0.25) is 0 Å². The van der Waals surface area contributed by atoms with Crippen LogP contribution < -0.4 is 14.2 Å². The van der Waals surface area contributed by atoms with E-state index in [1.165, 1.54) is 0 Å². The van der Waals surface area contributed by atoms with Crippen molar-refractivity contribution in [3.05, 3.63) is 53.4 Å². The van der Waals surface area contributed by atoms with Gasteiger partial charge in [0.1, 0.15) is 5.75 Å². The Bertz CT molecular complexity index is 999. The van der Waals surface area contributed by atoms with Crippen LogP contribution in [0.1, 0.15) is 17.0 Å². The van der Waals surface area contributed by atoms with Crippen LogP contribution in [0.15, 0.2) is 40.9 Å². The Morgan fingerprint density at radius 3 is 2.48 bits per heavy atom. The summed E-state index contributed by atoms with van der Waals surface area (Å²) in [7, 11) is 3.10. The Hall–Kier alpha value is -3.55. The van der Waals surface area contributed by atoms with E-state index in [-0.39, 0.29) is 19.1 Å². The predicted octanol–water partition coefficient (Wildman–Crippen LogP) is 3.49. The number of methoxy groups -OCH3 is 2. The number of aryl methyl sites for hydroxylation is 2. The Labute approximate surface area is 168 Å². The van der Waals surface area contributed by atoms with Gasteiger partial charge in [0.05, 0.1) is 14.2 Å². The van der Waals surface area contributed by atoms with Gasteiger partial charge in [-0.3, -0.25) is 0 Å². The van der Waals surface area contributed by atoms with Gasteiger partial charge in [0, 0.05) is 5.56 Å². The highest BCUT2D eigenvalue weighted by molar-refractivity contribution is 5.71. The maximum Gasteiger partial charge on any atom is 0.344 e. The van der Waals surface area contributed by atoms with Gasteiger partial charge in [-0.1, -0.05) is 22.9 Å². The molecule has 0 saturated carbocycles. The number of hydrogen-bond acceptors (Lipinski definition) is 8. The number of esters is 1. The molecule has 0 aliphatic carbocycles. The molecule has 0 bridgehead atoms. The van der Waals surface area contributed by atoms with Gasteiger partial charge >= 0.3 is 5.97 Å². The van der Waals surface area contributed by atoms with Crippen molar-refractivity contribution in [3.63, 3.8) is 0 Å². The first-order valence-corrected chi connectivity index (χ1v) is 8.91. The van der Waals surface area contributed by atoms with Gasteiger partial charge in [0.15, 0.2) is 24.7 Å². The summed E-state index contributed by atoms with van der Waals surface area (Å²) in [6, 6.07) is 11.0. The summed E-state index contributed by atoms with van der Waals surface area (Å²) in [5, 5.41) is 3.90. The molecule has 8 heteroatoms. The summed E-state index contributed by atoms with van der Waals surface area (Å²) in [6.07, 6.45) is 0. The molecule has 3 rings (SSSR count). The van der Waals surface area contributed by atoms with Crippen LogP contribution in [0.5, 0.6) is 17.2 Å². The van der Waals surface area contributed by atoms with Crippen molar-refractivity contribution < 1.29 is 28.3 Å². The van der Waals surface area contributed by atoms with E-state index in [2.05, 4.69) is 10.1 Å². The number of hydrogen-bond donors (Lipinski definition) is 0. The molecule has 0 radical (unpaired) electrons. The topological polar surface area (TPSA) is 92.9 Å². The maximum atomic E-state index is 11.9. The van der Waals surface area contributed by atoms with E-state index in [1.807, 2.05) is 32.0 Å². The third kappa shape index (κ3) is 5.04. The minimum Gasteiger partial charge on any atom is -0.493 e. The molecule has 2 aromatic carbocycles. The average Bonchev–Trinajstić information content (AvgIpc) is 3.20. The van der Waals surface area contributed by atoms with Gasteiger partial charge in [-0.05, 0) is 43.7 Å². The molecular weight excluding hydrogens is 376 g/mol. The minimum atomic E-state index is -0.532. The third-order valence-corrected chi connectivity index (χ3v) is 4.14. The largest absolute Gasteiger partial charge is 0.493 e. The van der Waals surface area contributed by atoms with E-state index < -0.39 is 5.97 Å². The van der Waals surface area contributed by atoms with Crippen LogP contribution in [-0.2, 0) is 16.1 Å². The minimum absolute atomic E-state index is 0.143. The molecule has 0 fully saturated rings. The van der Waals surface area contributed by atoms with Crippen LogP contribution in [-0.4, -0.2) is 36.9 Å². The van der Waals surface area contributed by atoms with Gasteiger partial charge in [-0.2, -0.15) is 4.98 Å². The van der Waals surface area contributed by atoms with Crippen LogP contribution in [0.4, 0.5) is 0 Å². The number of carbonyl (C=O) groups is 1. The van der Waals surface area contributed by atoms with Gasteiger partial charge < -0.3 is 23.5 Å². The van der Waals surface area contributed by atoms with Crippen molar-refractivity contribution in [1.29, 1.82) is 0 Å². The van der Waals surface area contributed by atoms with Crippen LogP contribution in [0.3, 0.4) is 0 Å². The molecule has 3 aromatic rings. The molecule has 0 amide bonds. The average molecular weight is 398 g/mol. The number of ether oxygens (including phenoxy) is 4. The molecular formula is C21H22N2O6. The van der Waals surface area contributed by atoms with Crippen molar-refractivity contribution >= 4 is 5.97 Å². The highest BCUT2D eigenvalue weighted by Crippen LogP contribution is 2.31. The summed E-state index contributed by atoms with van der Waals surface area (Å²) in [6.45, 7) is 3.56. The second-order valence-electron chi connectivity index (χ2n) is 6.30. The van der Waals surface area contributed by atoms with Crippen molar-refractivity contribution in [2.75, 3.05) is 20.8 Å². The number of carbonyl (C=O) groups excluding carboxylic acids is 1. The quantitative estimate of drug-likeness (QED) is 0.533. The van der Waals surface area contributed by atoms with Crippen molar-refractivity contribution in [2.24, 2.45) is 0 Å². The number of rotatable bonds is 8. The monoisotopic (exact) mass is 398 g/mol. The SMILES string of the molecule is COc1ccc(-c2noc(COC(=O)COc3ccc(C)cc3C)n2)cc1OC. The van der Waals surface area contributed by atoms with Gasteiger partial charge in [-0.25, -0.2) is 4.79 Å². The number of nitrogens with zero attached hydrogens (tertiary/aromatic N) is 2. The van der Waals surface area contributed by atoms with E-state index >= 15 is 0 Å². The molecule has 0 N–H and O–H groups in total. The molecule has 152 valence electrons. The van der Waals surface area contributed by atoms with E-state index in [0.29, 0.717) is 28.6 Å². The van der Waals surface area contributed by atoms with Crippen molar-refractivity contribution in [2.45, 2.75) is 20.5 Å². The lowest BCUT2D eigenvalue weighted by molar-refractivity contribution is -0.148. The zero-order valence-corrected chi connectivity index (χ0v) is 16.7. The Morgan fingerprint density at radius 1 is 1.00 bits per heavy atom. The summed E-state index contributed by atoms with van der Waals surface area (Å²) in [5.74, 6) is 1.78. The smallest absolute Gasteiger partial charge is 0.344 e. The zero-order valence-electron chi connectivity index (χ0n) is 16.7. The fourth-order valence-electron chi connectivity index (χ4n) is 2.69. The fraction of sp³-hybridized carbons (Fsp3) is 0.286. The molecule has 29 heavy (non-hydrogen) atoms. The van der Waals surface area contributed by atoms with E-state index in [0.717, 1.165) is 11.1 Å². The molecule has 0 spiro atoms. The standard InChI is InChI=1S/C21H22N2O6/c1-13-5-7-16(14(2)9-13)27-12-20(24)28-11-19-22-21(23-29-19)15-6-8-17(25-3)18(10-15)26-4/h5-10H,11-12H2,1-4H3. The molecule has 0 atom stereocenters. The first-order chi connectivity index (χ1) is 14.0. The first kappa shape index (κ1) is 20.2. The molecule has 0 aliphatic heterocycles.